The summed E-state index contributed by atoms with van der Waals surface area (Å²) >= 11 is 0. The number of hydrogen-bond acceptors (Lipinski definition) is 5. The lowest BCUT2D eigenvalue weighted by molar-refractivity contribution is -0.112. The van der Waals surface area contributed by atoms with Crippen LogP contribution >= 0.6 is 0 Å². The molecule has 0 bridgehead atoms. The summed E-state index contributed by atoms with van der Waals surface area (Å²) in [5.74, 6) is -0.617. The van der Waals surface area contributed by atoms with E-state index in [0.29, 0.717) is 5.69 Å². The molecule has 8 heteroatoms. The predicted octanol–water partition coefficient (Wildman–Crippen LogP) is 2.35. The second-order valence-electron chi connectivity index (χ2n) is 5.39. The zero-order valence-corrected chi connectivity index (χ0v) is 14.9. The molecule has 0 atom stereocenters. The zero-order valence-electron chi connectivity index (χ0n) is 14.1. The van der Waals surface area contributed by atoms with Crippen LogP contribution in [0, 0.1) is 11.3 Å². The van der Waals surface area contributed by atoms with E-state index >= 15 is 0 Å². The van der Waals surface area contributed by atoms with Gasteiger partial charge in [0.1, 0.15) is 11.6 Å². The second-order valence-corrected chi connectivity index (χ2v) is 6.95. The molecule has 0 heterocycles. The molecule has 0 unspecified atom stereocenters. The Bertz CT molecular complexity index is 957. The number of primary sulfonamides is 1. The fraction of sp³-hybridized carbons (Fsp3) is 0.111. The number of benzene rings is 2. The van der Waals surface area contributed by atoms with Crippen molar-refractivity contribution >= 4 is 27.3 Å². The molecule has 2 rings (SSSR count). The van der Waals surface area contributed by atoms with Gasteiger partial charge in [-0.1, -0.05) is 19.1 Å². The van der Waals surface area contributed by atoms with Crippen LogP contribution in [-0.2, 0) is 21.2 Å². The number of nitrogens with two attached hydrogens (primary N) is 1. The van der Waals surface area contributed by atoms with E-state index in [0.717, 1.165) is 12.1 Å². The highest BCUT2D eigenvalue weighted by Gasteiger charge is 2.11. The van der Waals surface area contributed by atoms with Crippen LogP contribution in [0.5, 0.6) is 0 Å². The van der Waals surface area contributed by atoms with Gasteiger partial charge < -0.3 is 10.6 Å². The number of hydrogen-bond donors (Lipinski definition) is 3. The molecule has 0 fully saturated rings. The zero-order chi connectivity index (χ0) is 19.2. The fourth-order valence-electron chi connectivity index (χ4n) is 2.07. The van der Waals surface area contributed by atoms with Gasteiger partial charge in [-0.15, -0.1) is 0 Å². The van der Waals surface area contributed by atoms with Gasteiger partial charge in [-0.2, -0.15) is 5.26 Å². The summed E-state index contributed by atoms with van der Waals surface area (Å²) < 4.78 is 22.4. The molecule has 26 heavy (non-hydrogen) atoms. The third kappa shape index (κ3) is 5.17. The standard InChI is InChI=1S/C18H18N4O3S/c1-2-13-3-5-15(6-4-13)21-12-14(11-19)18(23)22-16-7-9-17(10-8-16)26(20,24)25/h3-10,12,21H,2H2,1H3,(H,22,23)(H2,20,24,25)/b14-12-. The molecule has 1 amide bonds. The number of sulfonamides is 1. The molecule has 0 aliphatic heterocycles. The summed E-state index contributed by atoms with van der Waals surface area (Å²) in [6.45, 7) is 2.05. The Kier molecular flexibility index (Phi) is 6.11. The third-order valence-electron chi connectivity index (χ3n) is 3.55. The first-order valence-electron chi connectivity index (χ1n) is 7.73. The molecule has 0 saturated carbocycles. The van der Waals surface area contributed by atoms with Gasteiger partial charge in [0, 0.05) is 17.6 Å². The smallest absolute Gasteiger partial charge is 0.267 e. The van der Waals surface area contributed by atoms with Crippen LogP contribution in [0.3, 0.4) is 0 Å². The molecule has 0 aliphatic carbocycles. The number of amides is 1. The normalized spacial score (nSPS) is 11.5. The monoisotopic (exact) mass is 370 g/mol. The van der Waals surface area contributed by atoms with Crippen LogP contribution in [0.4, 0.5) is 11.4 Å². The van der Waals surface area contributed by atoms with Crippen LogP contribution in [0.25, 0.3) is 0 Å². The summed E-state index contributed by atoms with van der Waals surface area (Å²) in [6, 6.07) is 14.8. The Hall–Kier alpha value is -3.15. The summed E-state index contributed by atoms with van der Waals surface area (Å²) in [5.41, 5.74) is 2.15. The van der Waals surface area contributed by atoms with Crippen LogP contribution in [0.2, 0.25) is 0 Å². The number of carbonyl (C=O) groups is 1. The Balaban J connectivity index is 2.06. The maximum Gasteiger partial charge on any atom is 0.267 e. The van der Waals surface area contributed by atoms with E-state index < -0.39 is 15.9 Å². The SMILES string of the molecule is CCc1ccc(N/C=C(/C#N)C(=O)Nc2ccc(S(N)(=O)=O)cc2)cc1. The second kappa shape index (κ2) is 8.29. The third-order valence-corrected chi connectivity index (χ3v) is 4.48. The summed E-state index contributed by atoms with van der Waals surface area (Å²) in [5, 5.41) is 19.6. The summed E-state index contributed by atoms with van der Waals surface area (Å²) in [6.07, 6.45) is 2.24. The number of anilines is 2. The van der Waals surface area contributed by atoms with Gasteiger partial charge in [0.2, 0.25) is 10.0 Å². The van der Waals surface area contributed by atoms with E-state index in [2.05, 4.69) is 17.6 Å². The molecule has 2 aromatic carbocycles. The molecule has 0 spiro atoms. The van der Waals surface area contributed by atoms with Gasteiger partial charge in [0.05, 0.1) is 4.90 Å². The number of aryl methyl sites for hydroxylation is 1. The number of carbonyl (C=O) groups excluding carboxylic acids is 1. The van der Waals surface area contributed by atoms with Gasteiger partial charge in [-0.25, -0.2) is 13.6 Å². The summed E-state index contributed by atoms with van der Waals surface area (Å²) in [7, 11) is -3.80. The average Bonchev–Trinajstić information content (AvgIpc) is 2.62. The van der Waals surface area contributed by atoms with E-state index in [9.17, 15) is 18.5 Å². The Morgan fingerprint density at radius 3 is 2.19 bits per heavy atom. The number of rotatable bonds is 6. The summed E-state index contributed by atoms with van der Waals surface area (Å²) in [4.78, 5) is 12.1. The van der Waals surface area contributed by atoms with Gasteiger partial charge >= 0.3 is 0 Å². The minimum Gasteiger partial charge on any atom is -0.360 e. The van der Waals surface area contributed by atoms with E-state index in [1.165, 1.54) is 36.0 Å². The topological polar surface area (TPSA) is 125 Å². The van der Waals surface area contributed by atoms with Crippen molar-refractivity contribution in [3.05, 3.63) is 65.9 Å². The predicted molar refractivity (Wildman–Crippen MR) is 99.6 cm³/mol. The first kappa shape index (κ1) is 19.2. The first-order chi connectivity index (χ1) is 12.3. The van der Waals surface area contributed by atoms with Crippen LogP contribution in [0.15, 0.2) is 65.2 Å². The van der Waals surface area contributed by atoms with Crippen molar-refractivity contribution in [1.29, 1.82) is 5.26 Å². The van der Waals surface area contributed by atoms with Crippen molar-refractivity contribution in [1.82, 2.24) is 0 Å². The van der Waals surface area contributed by atoms with Crippen molar-refractivity contribution in [3.63, 3.8) is 0 Å². The quantitative estimate of drug-likeness (QED) is 0.532. The van der Waals surface area contributed by atoms with Crippen molar-refractivity contribution in [2.75, 3.05) is 10.6 Å². The van der Waals surface area contributed by atoms with Gasteiger partial charge in [-0.3, -0.25) is 4.79 Å². The highest BCUT2D eigenvalue weighted by atomic mass is 32.2. The maximum atomic E-state index is 12.2. The Morgan fingerprint density at radius 2 is 1.69 bits per heavy atom. The van der Waals surface area contributed by atoms with Gasteiger partial charge in [0.25, 0.3) is 5.91 Å². The van der Waals surface area contributed by atoms with Crippen molar-refractivity contribution in [2.24, 2.45) is 5.14 Å². The molecule has 4 N–H and O–H groups in total. The number of nitrogens with one attached hydrogen (secondary N) is 2. The fourth-order valence-corrected chi connectivity index (χ4v) is 2.58. The van der Waals surface area contributed by atoms with Crippen molar-refractivity contribution < 1.29 is 13.2 Å². The molecule has 2 aromatic rings. The molecule has 0 radical (unpaired) electrons. The molecule has 0 saturated heterocycles. The van der Waals surface area contributed by atoms with E-state index in [1.807, 2.05) is 30.3 Å². The van der Waals surface area contributed by atoms with Crippen LogP contribution in [-0.4, -0.2) is 14.3 Å². The first-order valence-corrected chi connectivity index (χ1v) is 9.28. The molecule has 0 aromatic heterocycles. The highest BCUT2D eigenvalue weighted by molar-refractivity contribution is 7.89. The minimum absolute atomic E-state index is 0.0660. The maximum absolute atomic E-state index is 12.2. The Labute approximate surface area is 152 Å². The van der Waals surface area contributed by atoms with Crippen molar-refractivity contribution in [3.8, 4) is 6.07 Å². The lowest BCUT2D eigenvalue weighted by Gasteiger charge is -2.06. The lowest BCUT2D eigenvalue weighted by atomic mass is 10.1. The molecule has 134 valence electrons. The number of nitriles is 1. The lowest BCUT2D eigenvalue weighted by Crippen LogP contribution is -2.15. The highest BCUT2D eigenvalue weighted by Crippen LogP contribution is 2.14. The van der Waals surface area contributed by atoms with Crippen LogP contribution in [0.1, 0.15) is 12.5 Å². The van der Waals surface area contributed by atoms with E-state index in [-0.39, 0.29) is 10.5 Å². The number of nitrogens with zero attached hydrogens (tertiary/aromatic N) is 1. The minimum atomic E-state index is -3.80. The van der Waals surface area contributed by atoms with Gasteiger partial charge in [-0.05, 0) is 48.4 Å². The largest absolute Gasteiger partial charge is 0.360 e. The molecule has 7 nitrogen and oxygen atoms in total. The van der Waals surface area contributed by atoms with E-state index in [4.69, 9.17) is 5.14 Å². The van der Waals surface area contributed by atoms with Crippen LogP contribution < -0.4 is 15.8 Å². The van der Waals surface area contributed by atoms with Crippen molar-refractivity contribution in [2.45, 2.75) is 18.2 Å². The van der Waals surface area contributed by atoms with Gasteiger partial charge in [0.15, 0.2) is 0 Å². The molecule has 0 aliphatic rings. The Morgan fingerprint density at radius 1 is 1.12 bits per heavy atom. The molecular formula is C18H18N4O3S. The molecular weight excluding hydrogens is 352 g/mol. The van der Waals surface area contributed by atoms with E-state index in [1.54, 1.807) is 0 Å². The average molecular weight is 370 g/mol.